The Balaban J connectivity index is 1.13. The van der Waals surface area contributed by atoms with Gasteiger partial charge in [-0.05, 0) is 49.1 Å². The number of carbonyl (C=O) groups is 1. The largest absolute Gasteiger partial charge is 0.350 e. The summed E-state index contributed by atoms with van der Waals surface area (Å²) in [7, 11) is 0. The van der Waals surface area contributed by atoms with E-state index in [-0.39, 0.29) is 17.6 Å². The van der Waals surface area contributed by atoms with Crippen molar-refractivity contribution in [3.63, 3.8) is 0 Å². The number of piperidine rings is 1. The van der Waals surface area contributed by atoms with Gasteiger partial charge in [0, 0.05) is 38.2 Å². The molecule has 2 aromatic heterocycles. The summed E-state index contributed by atoms with van der Waals surface area (Å²) in [5, 5.41) is 3.10. The molecule has 1 amide bonds. The van der Waals surface area contributed by atoms with Crippen molar-refractivity contribution < 1.29 is 9.18 Å². The number of nitrogens with zero attached hydrogens (tertiary/aromatic N) is 5. The number of hydrogen-bond acceptors (Lipinski definition) is 4. The quantitative estimate of drug-likeness (QED) is 0.462. The predicted octanol–water partition coefficient (Wildman–Crippen LogP) is 3.90. The van der Waals surface area contributed by atoms with Gasteiger partial charge in [-0.1, -0.05) is 24.3 Å². The number of fused-ring (bicyclic) bond motifs is 2. The van der Waals surface area contributed by atoms with E-state index in [1.54, 1.807) is 0 Å². The number of halogens is 1. The molecule has 0 saturated carbocycles. The molecule has 0 aliphatic carbocycles. The van der Waals surface area contributed by atoms with E-state index in [2.05, 4.69) is 36.6 Å². The highest BCUT2D eigenvalue weighted by atomic mass is 19.1. The number of benzene rings is 2. The number of amides is 1. The third-order valence-electron chi connectivity index (χ3n) is 7.19. The number of nitrogens with one attached hydrogen (secondary N) is 1. The van der Waals surface area contributed by atoms with Crippen LogP contribution in [0, 0.1) is 11.7 Å². The van der Waals surface area contributed by atoms with Gasteiger partial charge in [0.15, 0.2) is 0 Å². The first-order chi connectivity index (χ1) is 17.1. The van der Waals surface area contributed by atoms with Gasteiger partial charge in [0.1, 0.15) is 11.6 Å². The van der Waals surface area contributed by atoms with Crippen LogP contribution in [0.2, 0.25) is 0 Å². The molecule has 4 heterocycles. The zero-order chi connectivity index (χ0) is 23.8. The summed E-state index contributed by atoms with van der Waals surface area (Å²) in [5.41, 5.74) is 3.96. The van der Waals surface area contributed by atoms with Crippen LogP contribution in [0.3, 0.4) is 0 Å². The van der Waals surface area contributed by atoms with E-state index in [0.29, 0.717) is 13.1 Å². The number of imidazole rings is 2. The lowest BCUT2D eigenvalue weighted by atomic mass is 9.96. The number of anilines is 1. The highest BCUT2D eigenvalue weighted by Crippen LogP contribution is 2.28. The Labute approximate surface area is 203 Å². The highest BCUT2D eigenvalue weighted by molar-refractivity contribution is 5.80. The van der Waals surface area contributed by atoms with E-state index < -0.39 is 0 Å². The normalized spacial score (nSPS) is 16.1. The molecule has 7 nitrogen and oxygen atoms in total. The van der Waals surface area contributed by atoms with Crippen molar-refractivity contribution >= 4 is 22.9 Å². The second-order valence-electron chi connectivity index (χ2n) is 9.54. The molecule has 4 aromatic rings. The number of carbonyl (C=O) groups excluding carboxylic acids is 1. The third-order valence-corrected chi connectivity index (χ3v) is 7.19. The van der Waals surface area contributed by atoms with E-state index in [4.69, 9.17) is 4.98 Å². The Morgan fingerprint density at radius 3 is 2.63 bits per heavy atom. The maximum atomic E-state index is 13.4. The Hall–Kier alpha value is -3.68. The topological polar surface area (TPSA) is 68.0 Å². The lowest BCUT2D eigenvalue weighted by Crippen LogP contribution is -2.41. The van der Waals surface area contributed by atoms with Crippen LogP contribution in [0.25, 0.3) is 11.0 Å². The van der Waals surface area contributed by atoms with Gasteiger partial charge in [0.25, 0.3) is 0 Å². The van der Waals surface area contributed by atoms with Gasteiger partial charge in [-0.2, -0.15) is 0 Å². The van der Waals surface area contributed by atoms with E-state index in [9.17, 15) is 9.18 Å². The molecule has 1 N–H and O–H groups in total. The van der Waals surface area contributed by atoms with Gasteiger partial charge in [-0.15, -0.1) is 0 Å². The minimum absolute atomic E-state index is 0.00404. The molecule has 0 bridgehead atoms. The van der Waals surface area contributed by atoms with Gasteiger partial charge in [-0.3, -0.25) is 4.79 Å². The van der Waals surface area contributed by atoms with Crippen molar-refractivity contribution in [2.45, 2.75) is 45.3 Å². The molecule has 1 fully saturated rings. The Kier molecular flexibility index (Phi) is 5.72. The summed E-state index contributed by atoms with van der Waals surface area (Å²) in [6, 6.07) is 14.7. The molecule has 180 valence electrons. The Morgan fingerprint density at radius 1 is 1.03 bits per heavy atom. The Morgan fingerprint density at radius 2 is 1.83 bits per heavy atom. The molecular weight excluding hydrogens is 443 g/mol. The van der Waals surface area contributed by atoms with E-state index >= 15 is 0 Å². The molecule has 6 rings (SSSR count). The lowest BCUT2D eigenvalue weighted by molar-refractivity contribution is -0.125. The maximum absolute atomic E-state index is 13.4. The summed E-state index contributed by atoms with van der Waals surface area (Å²) < 4.78 is 17.8. The number of rotatable bonds is 6. The van der Waals surface area contributed by atoms with Crippen LogP contribution in [0.5, 0.6) is 0 Å². The van der Waals surface area contributed by atoms with Crippen molar-refractivity contribution in [2.24, 2.45) is 5.92 Å². The zero-order valence-electron chi connectivity index (χ0n) is 19.7. The van der Waals surface area contributed by atoms with Crippen LogP contribution in [0.1, 0.15) is 36.3 Å². The van der Waals surface area contributed by atoms with Crippen LogP contribution < -0.4 is 10.2 Å². The summed E-state index contributed by atoms with van der Waals surface area (Å²) in [4.78, 5) is 24.7. The van der Waals surface area contributed by atoms with Crippen LogP contribution in [-0.2, 0) is 30.8 Å². The molecule has 8 heteroatoms. The van der Waals surface area contributed by atoms with Gasteiger partial charge < -0.3 is 19.4 Å². The van der Waals surface area contributed by atoms with Crippen LogP contribution in [-0.4, -0.2) is 38.1 Å². The maximum Gasteiger partial charge on any atom is 0.223 e. The van der Waals surface area contributed by atoms with Gasteiger partial charge in [-0.25, -0.2) is 14.4 Å². The molecule has 1 saturated heterocycles. The van der Waals surface area contributed by atoms with Crippen LogP contribution >= 0.6 is 0 Å². The number of aromatic nitrogens is 4. The lowest BCUT2D eigenvalue weighted by Gasteiger charge is -2.32. The van der Waals surface area contributed by atoms with E-state index in [1.165, 1.54) is 12.1 Å². The molecular formula is C27H29FN6O. The minimum Gasteiger partial charge on any atom is -0.350 e. The molecule has 0 atom stereocenters. The molecule has 0 radical (unpaired) electrons. The molecule has 2 aromatic carbocycles. The molecule has 2 aliphatic rings. The van der Waals surface area contributed by atoms with E-state index in [1.807, 2.05) is 30.3 Å². The second kappa shape index (κ2) is 9.17. The fourth-order valence-corrected chi connectivity index (χ4v) is 5.30. The summed E-state index contributed by atoms with van der Waals surface area (Å²) in [6.45, 7) is 3.67. The van der Waals surface area contributed by atoms with Crippen molar-refractivity contribution in [1.29, 1.82) is 0 Å². The number of para-hydroxylation sites is 2. The summed E-state index contributed by atoms with van der Waals surface area (Å²) in [6.07, 6.45) is 5.82. The zero-order valence-corrected chi connectivity index (χ0v) is 19.7. The number of hydrogen-bond donors (Lipinski definition) is 1. The summed E-state index contributed by atoms with van der Waals surface area (Å²) >= 11 is 0. The van der Waals surface area contributed by atoms with Crippen LogP contribution in [0.4, 0.5) is 10.3 Å². The SMILES string of the molecule is O=C(NCc1cn2c(n1)CCC2)C1CCN(c2nc3ccccc3n2Cc2ccc(F)cc2)CC1. The first-order valence-corrected chi connectivity index (χ1v) is 12.4. The van der Waals surface area contributed by atoms with Crippen molar-refractivity contribution in [3.05, 3.63) is 77.6 Å². The number of aryl methyl sites for hydroxylation is 2. The minimum atomic E-state index is -0.234. The second-order valence-corrected chi connectivity index (χ2v) is 9.54. The van der Waals surface area contributed by atoms with E-state index in [0.717, 1.165) is 79.4 Å². The van der Waals surface area contributed by atoms with Gasteiger partial charge >= 0.3 is 0 Å². The first kappa shape index (κ1) is 21.8. The summed E-state index contributed by atoms with van der Waals surface area (Å²) in [5.74, 6) is 1.91. The Bertz CT molecular complexity index is 1330. The molecule has 0 spiro atoms. The van der Waals surface area contributed by atoms with Gasteiger partial charge in [0.05, 0.1) is 29.8 Å². The first-order valence-electron chi connectivity index (χ1n) is 12.4. The van der Waals surface area contributed by atoms with Crippen molar-refractivity contribution in [1.82, 2.24) is 24.4 Å². The fraction of sp³-hybridized carbons (Fsp3) is 0.370. The third kappa shape index (κ3) is 4.40. The monoisotopic (exact) mass is 472 g/mol. The van der Waals surface area contributed by atoms with Gasteiger partial charge in [0.2, 0.25) is 11.9 Å². The molecule has 0 unspecified atom stereocenters. The predicted molar refractivity (Wildman–Crippen MR) is 133 cm³/mol. The average Bonchev–Trinajstić information content (AvgIpc) is 3.58. The molecule has 35 heavy (non-hydrogen) atoms. The molecule has 2 aliphatic heterocycles. The fourth-order valence-electron chi connectivity index (χ4n) is 5.30. The smallest absolute Gasteiger partial charge is 0.223 e. The average molecular weight is 473 g/mol. The van der Waals surface area contributed by atoms with Crippen LogP contribution in [0.15, 0.2) is 54.7 Å². The van der Waals surface area contributed by atoms with Crippen molar-refractivity contribution in [2.75, 3.05) is 18.0 Å². The van der Waals surface area contributed by atoms with Crippen molar-refractivity contribution in [3.8, 4) is 0 Å². The highest BCUT2D eigenvalue weighted by Gasteiger charge is 2.28. The standard InChI is InChI=1S/C27H29FN6O/c28-21-9-7-19(8-10-21)17-34-24-5-2-1-4-23(24)31-27(34)32-14-11-20(12-15-32)26(35)29-16-22-18-33-13-3-6-25(33)30-22/h1-2,4-5,7-10,18,20H,3,6,11-17H2,(H,29,35).